The molecular weight excluding hydrogens is 320 g/mol. The lowest BCUT2D eigenvalue weighted by Gasteiger charge is -2.24. The summed E-state index contributed by atoms with van der Waals surface area (Å²) in [6.07, 6.45) is 8.24. The Hall–Kier alpha value is -2.18. The molecule has 0 radical (unpaired) electrons. The highest BCUT2D eigenvalue weighted by atomic mass is 16.5. The van der Waals surface area contributed by atoms with E-state index in [1.165, 1.54) is 19.1 Å². The molecular formula is C18H22N4O3. The van der Waals surface area contributed by atoms with Crippen LogP contribution in [-0.2, 0) is 11.8 Å². The van der Waals surface area contributed by atoms with Crippen LogP contribution in [0, 0.1) is 18.8 Å². The minimum absolute atomic E-state index is 0.0576. The Morgan fingerprint density at radius 3 is 3.00 bits per heavy atom. The number of aryl methyl sites for hydroxylation is 1. The molecule has 1 saturated heterocycles. The molecule has 3 heterocycles. The van der Waals surface area contributed by atoms with E-state index in [1.54, 1.807) is 0 Å². The molecule has 7 nitrogen and oxygen atoms in total. The number of carbonyl (C=O) groups is 1. The lowest BCUT2D eigenvalue weighted by molar-refractivity contribution is 0.0764. The minimum Gasteiger partial charge on any atom is -0.364 e. The lowest BCUT2D eigenvalue weighted by atomic mass is 9.80. The molecule has 0 bridgehead atoms. The number of hydrogen-bond acceptors (Lipinski definition) is 6. The molecule has 2 aliphatic carbocycles. The quantitative estimate of drug-likeness (QED) is 0.849. The second kappa shape index (κ2) is 5.41. The molecule has 0 aromatic carbocycles. The van der Waals surface area contributed by atoms with Crippen molar-refractivity contribution >= 4 is 5.91 Å². The highest BCUT2D eigenvalue weighted by Crippen LogP contribution is 2.50. The summed E-state index contributed by atoms with van der Waals surface area (Å²) < 4.78 is 10.6. The van der Waals surface area contributed by atoms with E-state index in [-0.39, 0.29) is 11.3 Å². The third-order valence-electron chi connectivity index (χ3n) is 6.17. The number of amides is 1. The average Bonchev–Trinajstić information content (AvgIpc) is 2.99. The number of nitrogens with zero attached hydrogens (tertiary/aromatic N) is 4. The van der Waals surface area contributed by atoms with Gasteiger partial charge in [-0.05, 0) is 44.4 Å². The Balaban J connectivity index is 1.41. The van der Waals surface area contributed by atoms with E-state index < -0.39 is 0 Å². The van der Waals surface area contributed by atoms with Crippen molar-refractivity contribution in [3.63, 3.8) is 0 Å². The zero-order valence-electron chi connectivity index (χ0n) is 14.4. The van der Waals surface area contributed by atoms with Crippen molar-refractivity contribution < 1.29 is 13.8 Å². The van der Waals surface area contributed by atoms with Gasteiger partial charge in [0.05, 0.1) is 5.41 Å². The monoisotopic (exact) mass is 342 g/mol. The van der Waals surface area contributed by atoms with Crippen molar-refractivity contribution in [3.05, 3.63) is 29.2 Å². The summed E-state index contributed by atoms with van der Waals surface area (Å²) in [5, 5.41) is 8.09. The van der Waals surface area contributed by atoms with Gasteiger partial charge in [0.15, 0.2) is 11.5 Å². The maximum atomic E-state index is 12.8. The van der Waals surface area contributed by atoms with E-state index in [4.69, 9.17) is 14.0 Å². The van der Waals surface area contributed by atoms with Crippen LogP contribution in [0.4, 0.5) is 0 Å². The molecule has 5 rings (SSSR count). The van der Waals surface area contributed by atoms with Crippen LogP contribution in [-0.4, -0.2) is 39.2 Å². The molecule has 3 aliphatic rings. The Morgan fingerprint density at radius 2 is 2.24 bits per heavy atom. The highest BCUT2D eigenvalue weighted by molar-refractivity contribution is 5.93. The summed E-state index contributed by atoms with van der Waals surface area (Å²) in [6.45, 7) is 3.21. The van der Waals surface area contributed by atoms with Crippen LogP contribution < -0.4 is 0 Å². The fraction of sp³-hybridized carbons (Fsp3) is 0.667. The molecule has 7 heteroatoms. The van der Waals surface area contributed by atoms with Gasteiger partial charge in [0.25, 0.3) is 5.91 Å². The van der Waals surface area contributed by atoms with Gasteiger partial charge < -0.3 is 13.9 Å². The van der Waals surface area contributed by atoms with E-state index in [2.05, 4.69) is 10.3 Å². The molecule has 2 atom stereocenters. The Kier molecular flexibility index (Phi) is 3.27. The lowest BCUT2D eigenvalue weighted by Crippen LogP contribution is -2.35. The minimum atomic E-state index is -0.178. The topological polar surface area (TPSA) is 85.3 Å². The van der Waals surface area contributed by atoms with Crippen molar-refractivity contribution in [2.75, 3.05) is 13.1 Å². The van der Waals surface area contributed by atoms with E-state index in [0.717, 1.165) is 55.4 Å². The summed E-state index contributed by atoms with van der Waals surface area (Å²) in [4.78, 5) is 19.4. The first-order valence-corrected chi connectivity index (χ1v) is 9.19. The zero-order valence-corrected chi connectivity index (χ0v) is 14.4. The van der Waals surface area contributed by atoms with Crippen LogP contribution in [0.5, 0.6) is 0 Å². The maximum Gasteiger partial charge on any atom is 0.276 e. The summed E-state index contributed by atoms with van der Waals surface area (Å²) >= 11 is 0. The third kappa shape index (κ3) is 2.40. The van der Waals surface area contributed by atoms with Crippen molar-refractivity contribution in [2.45, 2.75) is 50.9 Å². The predicted octanol–water partition coefficient (Wildman–Crippen LogP) is 2.51. The van der Waals surface area contributed by atoms with Gasteiger partial charge in [-0.3, -0.25) is 4.79 Å². The SMILES string of the molecule is Cc1conc1C(=O)N1C[C@H]2CCC[C@@]2(c2nc(CC3CC3)no2)C1. The largest absolute Gasteiger partial charge is 0.364 e. The number of aromatic nitrogens is 3. The highest BCUT2D eigenvalue weighted by Gasteiger charge is 2.55. The van der Waals surface area contributed by atoms with Gasteiger partial charge in [-0.15, -0.1) is 0 Å². The van der Waals surface area contributed by atoms with Gasteiger partial charge in [0, 0.05) is 25.1 Å². The Morgan fingerprint density at radius 1 is 1.36 bits per heavy atom. The normalized spacial score (nSPS) is 28.5. The number of likely N-dealkylation sites (tertiary alicyclic amines) is 1. The van der Waals surface area contributed by atoms with Gasteiger partial charge in [0.1, 0.15) is 6.26 Å². The van der Waals surface area contributed by atoms with Crippen LogP contribution >= 0.6 is 0 Å². The van der Waals surface area contributed by atoms with Crippen molar-refractivity contribution in [1.82, 2.24) is 20.2 Å². The molecule has 2 aromatic heterocycles. The van der Waals surface area contributed by atoms with Gasteiger partial charge in [-0.2, -0.15) is 4.98 Å². The van der Waals surface area contributed by atoms with E-state index in [1.807, 2.05) is 11.8 Å². The van der Waals surface area contributed by atoms with Crippen LogP contribution in [0.1, 0.15) is 59.9 Å². The second-order valence-corrected chi connectivity index (χ2v) is 7.94. The standard InChI is InChI=1S/C18H22N4O3/c1-11-9-24-21-15(11)16(23)22-8-13-3-2-6-18(13,10-22)17-19-14(20-25-17)7-12-4-5-12/h9,12-13H,2-8,10H2,1H3/t13-,18-/m1/s1. The molecule has 0 spiro atoms. The van der Waals surface area contributed by atoms with Crippen LogP contribution in [0.2, 0.25) is 0 Å². The number of fused-ring (bicyclic) bond motifs is 1. The van der Waals surface area contributed by atoms with E-state index in [9.17, 15) is 4.79 Å². The fourth-order valence-corrected chi connectivity index (χ4v) is 4.56. The average molecular weight is 342 g/mol. The first kappa shape index (κ1) is 15.1. The Bertz CT molecular complexity index is 809. The molecule has 2 aromatic rings. The van der Waals surface area contributed by atoms with Crippen molar-refractivity contribution in [2.24, 2.45) is 11.8 Å². The summed E-state index contributed by atoms with van der Waals surface area (Å²) in [6, 6.07) is 0. The Labute approximate surface area is 145 Å². The first-order chi connectivity index (χ1) is 12.2. The van der Waals surface area contributed by atoms with Gasteiger partial charge in [-0.1, -0.05) is 16.7 Å². The van der Waals surface area contributed by atoms with Crippen molar-refractivity contribution in [3.8, 4) is 0 Å². The zero-order chi connectivity index (χ0) is 17.0. The summed E-state index contributed by atoms with van der Waals surface area (Å²) in [5.41, 5.74) is 1.01. The van der Waals surface area contributed by atoms with Gasteiger partial charge in [0.2, 0.25) is 5.89 Å². The molecule has 2 saturated carbocycles. The second-order valence-electron chi connectivity index (χ2n) is 7.94. The maximum absolute atomic E-state index is 12.8. The predicted molar refractivity (Wildman–Crippen MR) is 86.9 cm³/mol. The van der Waals surface area contributed by atoms with E-state index in [0.29, 0.717) is 18.2 Å². The van der Waals surface area contributed by atoms with Crippen molar-refractivity contribution in [1.29, 1.82) is 0 Å². The molecule has 1 aliphatic heterocycles. The fourth-order valence-electron chi connectivity index (χ4n) is 4.56. The molecule has 1 amide bonds. The van der Waals surface area contributed by atoms with Gasteiger partial charge >= 0.3 is 0 Å². The van der Waals surface area contributed by atoms with Crippen LogP contribution in [0.25, 0.3) is 0 Å². The molecule has 0 unspecified atom stereocenters. The number of hydrogen-bond donors (Lipinski definition) is 0. The number of rotatable bonds is 4. The molecule has 3 fully saturated rings. The summed E-state index contributed by atoms with van der Waals surface area (Å²) in [7, 11) is 0. The first-order valence-electron chi connectivity index (χ1n) is 9.19. The third-order valence-corrected chi connectivity index (χ3v) is 6.17. The van der Waals surface area contributed by atoms with Crippen LogP contribution in [0.3, 0.4) is 0 Å². The van der Waals surface area contributed by atoms with Crippen LogP contribution in [0.15, 0.2) is 15.3 Å². The molecule has 0 N–H and O–H groups in total. The van der Waals surface area contributed by atoms with Gasteiger partial charge in [-0.25, -0.2) is 0 Å². The van der Waals surface area contributed by atoms with E-state index >= 15 is 0 Å². The smallest absolute Gasteiger partial charge is 0.276 e. The number of carbonyl (C=O) groups excluding carboxylic acids is 1. The molecule has 132 valence electrons. The summed E-state index contributed by atoms with van der Waals surface area (Å²) in [5.74, 6) is 2.63. The molecule has 25 heavy (non-hydrogen) atoms.